The molecule has 0 radical (unpaired) electrons. The molecule has 0 saturated carbocycles. The summed E-state index contributed by atoms with van der Waals surface area (Å²) in [6.45, 7) is 5.18. The lowest BCUT2D eigenvalue weighted by Gasteiger charge is -2.02. The maximum Gasteiger partial charge on any atom is 0.166 e. The second-order valence-electron chi connectivity index (χ2n) is 4.83. The molecule has 0 aliphatic rings. The smallest absolute Gasteiger partial charge is 0.166 e. The first kappa shape index (κ1) is 14.3. The number of fused-ring (bicyclic) bond motifs is 1. The summed E-state index contributed by atoms with van der Waals surface area (Å²) < 4.78 is 4.03. The number of rotatable bonds is 6. The average Bonchev–Trinajstić information content (AvgIpc) is 3.08. The number of anilines is 1. The molecule has 0 aliphatic carbocycles. The molecule has 21 heavy (non-hydrogen) atoms. The van der Waals surface area contributed by atoms with Gasteiger partial charge in [-0.1, -0.05) is 29.2 Å². The van der Waals surface area contributed by atoms with Crippen molar-refractivity contribution in [2.45, 2.75) is 31.2 Å². The fourth-order valence-corrected chi connectivity index (χ4v) is 3.50. The minimum Gasteiger partial charge on any atom is -0.374 e. The van der Waals surface area contributed by atoms with Crippen LogP contribution in [-0.4, -0.2) is 26.1 Å². The molecule has 0 amide bonds. The molecule has 7 heteroatoms. The first-order valence-electron chi connectivity index (χ1n) is 6.90. The van der Waals surface area contributed by atoms with E-state index < -0.39 is 0 Å². The number of nitrogens with one attached hydrogen (secondary N) is 2. The van der Waals surface area contributed by atoms with Gasteiger partial charge in [-0.15, -0.1) is 5.10 Å². The summed E-state index contributed by atoms with van der Waals surface area (Å²) in [4.78, 5) is 7.94. The van der Waals surface area contributed by atoms with Gasteiger partial charge in [0.1, 0.15) is 10.7 Å². The Morgan fingerprint density at radius 1 is 1.38 bits per heavy atom. The minimum absolute atomic E-state index is 0.765. The van der Waals surface area contributed by atoms with Crippen molar-refractivity contribution in [3.8, 4) is 0 Å². The first-order chi connectivity index (χ1) is 10.3. The van der Waals surface area contributed by atoms with Crippen molar-refractivity contribution in [2.75, 3.05) is 11.9 Å². The van der Waals surface area contributed by atoms with E-state index in [4.69, 9.17) is 0 Å². The Labute approximate surface area is 131 Å². The van der Waals surface area contributed by atoms with E-state index in [2.05, 4.69) is 50.9 Å². The quantitative estimate of drug-likeness (QED) is 0.676. The second kappa shape index (κ2) is 6.44. The van der Waals surface area contributed by atoms with Gasteiger partial charge in [-0.05, 0) is 31.0 Å². The molecule has 1 aromatic carbocycles. The summed E-state index contributed by atoms with van der Waals surface area (Å²) in [5.74, 6) is 0.765. The van der Waals surface area contributed by atoms with E-state index in [-0.39, 0.29) is 0 Å². The molecule has 2 heterocycles. The molecule has 2 N–H and O–H groups in total. The number of aryl methyl sites for hydroxylation is 1. The molecular weight excluding hydrogens is 302 g/mol. The molecule has 2 aromatic heterocycles. The fraction of sp³-hybridized carbons (Fsp3) is 0.357. The van der Waals surface area contributed by atoms with Gasteiger partial charge in [0.25, 0.3) is 0 Å². The van der Waals surface area contributed by atoms with E-state index in [1.165, 1.54) is 17.1 Å². The summed E-state index contributed by atoms with van der Waals surface area (Å²) in [5.41, 5.74) is 4.31. The van der Waals surface area contributed by atoms with Gasteiger partial charge in [0.2, 0.25) is 0 Å². The standard InChI is InChI=1S/C14H17N5S2/c1-3-6-15-13-12(18-19-21-13)8-20-14-16-10-5-4-9(2)7-11(10)17-14/h4-5,7,15H,3,6,8H2,1-2H3,(H,16,17). The third-order valence-corrected chi connectivity index (χ3v) is 4.66. The highest BCUT2D eigenvalue weighted by atomic mass is 32.2. The van der Waals surface area contributed by atoms with Gasteiger partial charge in [0.15, 0.2) is 5.16 Å². The number of H-pyrrole nitrogens is 1. The van der Waals surface area contributed by atoms with E-state index in [0.29, 0.717) is 0 Å². The van der Waals surface area contributed by atoms with Gasteiger partial charge < -0.3 is 10.3 Å². The third kappa shape index (κ3) is 3.36. The third-order valence-electron chi connectivity index (χ3n) is 3.05. The van der Waals surface area contributed by atoms with Crippen LogP contribution in [0.2, 0.25) is 0 Å². The maximum atomic E-state index is 4.59. The molecule has 5 nitrogen and oxygen atoms in total. The minimum atomic E-state index is 0.765. The average molecular weight is 319 g/mol. The summed E-state index contributed by atoms with van der Waals surface area (Å²) in [5, 5.41) is 9.55. The molecule has 0 bridgehead atoms. The SMILES string of the molecule is CCCNc1snnc1CSc1nc2ccc(C)cc2[nH]1. The molecular formula is C14H17N5S2. The zero-order valence-electron chi connectivity index (χ0n) is 12.0. The normalized spacial score (nSPS) is 11.1. The molecule has 0 atom stereocenters. The number of aromatic nitrogens is 4. The zero-order valence-corrected chi connectivity index (χ0v) is 13.6. The Morgan fingerprint density at radius 3 is 3.14 bits per heavy atom. The number of aromatic amines is 1. The van der Waals surface area contributed by atoms with Crippen molar-refractivity contribution >= 4 is 39.3 Å². The van der Waals surface area contributed by atoms with Crippen molar-refractivity contribution in [1.82, 2.24) is 19.6 Å². The van der Waals surface area contributed by atoms with Crippen LogP contribution in [0.15, 0.2) is 23.4 Å². The van der Waals surface area contributed by atoms with E-state index in [0.717, 1.165) is 45.6 Å². The van der Waals surface area contributed by atoms with Crippen LogP contribution in [0.3, 0.4) is 0 Å². The van der Waals surface area contributed by atoms with Crippen LogP contribution in [0.4, 0.5) is 5.00 Å². The Bertz CT molecular complexity index is 734. The topological polar surface area (TPSA) is 66.5 Å². The highest BCUT2D eigenvalue weighted by Crippen LogP contribution is 2.27. The van der Waals surface area contributed by atoms with Crippen LogP contribution < -0.4 is 5.32 Å². The van der Waals surface area contributed by atoms with Crippen molar-refractivity contribution in [3.63, 3.8) is 0 Å². The van der Waals surface area contributed by atoms with Crippen molar-refractivity contribution in [1.29, 1.82) is 0 Å². The van der Waals surface area contributed by atoms with Crippen molar-refractivity contribution in [2.24, 2.45) is 0 Å². The number of imidazole rings is 1. The van der Waals surface area contributed by atoms with Gasteiger partial charge in [-0.3, -0.25) is 0 Å². The molecule has 0 saturated heterocycles. The molecule has 0 aliphatic heterocycles. The monoisotopic (exact) mass is 319 g/mol. The number of thioether (sulfide) groups is 1. The summed E-state index contributed by atoms with van der Waals surface area (Å²) in [7, 11) is 0. The molecule has 110 valence electrons. The van der Waals surface area contributed by atoms with Crippen LogP contribution in [-0.2, 0) is 5.75 Å². The lowest BCUT2D eigenvalue weighted by molar-refractivity contribution is 0.975. The number of hydrogen-bond donors (Lipinski definition) is 2. The number of hydrogen-bond acceptors (Lipinski definition) is 6. The van der Waals surface area contributed by atoms with Crippen LogP contribution >= 0.6 is 23.3 Å². The lowest BCUT2D eigenvalue weighted by atomic mass is 10.2. The van der Waals surface area contributed by atoms with Crippen LogP contribution in [0.1, 0.15) is 24.6 Å². The highest BCUT2D eigenvalue weighted by molar-refractivity contribution is 7.98. The lowest BCUT2D eigenvalue weighted by Crippen LogP contribution is -2.00. The highest BCUT2D eigenvalue weighted by Gasteiger charge is 2.10. The predicted octanol–water partition coefficient (Wildman–Crippen LogP) is 3.84. The van der Waals surface area contributed by atoms with Gasteiger partial charge in [0.05, 0.1) is 11.0 Å². The van der Waals surface area contributed by atoms with Gasteiger partial charge in [0, 0.05) is 23.8 Å². The second-order valence-corrected chi connectivity index (χ2v) is 6.54. The molecule has 0 spiro atoms. The van der Waals surface area contributed by atoms with E-state index in [1.54, 1.807) is 11.8 Å². The van der Waals surface area contributed by atoms with Crippen LogP contribution in [0.25, 0.3) is 11.0 Å². The van der Waals surface area contributed by atoms with Crippen molar-refractivity contribution in [3.05, 3.63) is 29.5 Å². The molecule has 0 unspecified atom stereocenters. The number of benzene rings is 1. The zero-order chi connectivity index (χ0) is 14.7. The Hall–Kier alpha value is -1.60. The summed E-state index contributed by atoms with van der Waals surface area (Å²) in [6, 6.07) is 6.24. The fourth-order valence-electron chi connectivity index (χ4n) is 1.98. The molecule has 3 rings (SSSR count). The molecule has 3 aromatic rings. The largest absolute Gasteiger partial charge is 0.374 e. The maximum absolute atomic E-state index is 4.59. The summed E-state index contributed by atoms with van der Waals surface area (Å²) in [6.07, 6.45) is 1.09. The van der Waals surface area contributed by atoms with E-state index in [1.807, 2.05) is 6.07 Å². The van der Waals surface area contributed by atoms with Gasteiger partial charge in [-0.2, -0.15) is 0 Å². The molecule has 0 fully saturated rings. The van der Waals surface area contributed by atoms with E-state index in [9.17, 15) is 0 Å². The Balaban J connectivity index is 1.70. The predicted molar refractivity (Wildman–Crippen MR) is 89.1 cm³/mol. The van der Waals surface area contributed by atoms with Crippen molar-refractivity contribution < 1.29 is 0 Å². The first-order valence-corrected chi connectivity index (χ1v) is 8.66. The Morgan fingerprint density at radius 2 is 2.29 bits per heavy atom. The summed E-state index contributed by atoms with van der Waals surface area (Å²) >= 11 is 3.07. The van der Waals surface area contributed by atoms with Gasteiger partial charge >= 0.3 is 0 Å². The van der Waals surface area contributed by atoms with Crippen LogP contribution in [0, 0.1) is 6.92 Å². The van der Waals surface area contributed by atoms with Crippen LogP contribution in [0.5, 0.6) is 0 Å². The number of nitrogens with zero attached hydrogens (tertiary/aromatic N) is 3. The Kier molecular flexibility index (Phi) is 4.40. The van der Waals surface area contributed by atoms with Gasteiger partial charge in [-0.25, -0.2) is 4.98 Å². The van der Waals surface area contributed by atoms with E-state index >= 15 is 0 Å².